The predicted molar refractivity (Wildman–Crippen MR) is 70.2 cm³/mol. The number of rotatable bonds is 5. The Morgan fingerprint density at radius 1 is 1.00 bits per heavy atom. The van der Waals surface area contributed by atoms with Crippen molar-refractivity contribution in [3.63, 3.8) is 0 Å². The van der Waals surface area contributed by atoms with Gasteiger partial charge in [0.05, 0.1) is 0 Å². The number of nitrogens with zero attached hydrogens (tertiary/aromatic N) is 1. The van der Waals surface area contributed by atoms with Crippen LogP contribution in [0.1, 0.15) is 44.9 Å². The lowest BCUT2D eigenvalue weighted by Gasteiger charge is -2.39. The molecule has 4 nitrogen and oxygen atoms in total. The number of carbonyl (C=O) groups excluding carboxylic acids is 2. The average molecular weight is 262 g/mol. The van der Waals surface area contributed by atoms with Gasteiger partial charge in [-0.1, -0.05) is 12.8 Å². The van der Waals surface area contributed by atoms with Crippen molar-refractivity contribution >= 4 is 11.8 Å². The molecule has 2 unspecified atom stereocenters. The fraction of sp³-hybridized carbons (Fsp3) is 0.867. The summed E-state index contributed by atoms with van der Waals surface area (Å²) < 4.78 is 0. The lowest BCUT2D eigenvalue weighted by molar-refractivity contribution is -0.151. The van der Waals surface area contributed by atoms with Gasteiger partial charge in [0, 0.05) is 6.54 Å². The van der Waals surface area contributed by atoms with Gasteiger partial charge in [-0.3, -0.25) is 9.59 Å². The van der Waals surface area contributed by atoms with Crippen LogP contribution in [0.15, 0.2) is 0 Å². The highest BCUT2D eigenvalue weighted by Gasteiger charge is 2.51. The number of piperazine rings is 1. The first-order valence-corrected chi connectivity index (χ1v) is 7.85. The first kappa shape index (κ1) is 11.7. The van der Waals surface area contributed by atoms with Crippen LogP contribution in [0.4, 0.5) is 0 Å². The van der Waals surface area contributed by atoms with Crippen LogP contribution >= 0.6 is 0 Å². The van der Waals surface area contributed by atoms with Crippen LogP contribution < -0.4 is 5.32 Å². The van der Waals surface area contributed by atoms with Crippen molar-refractivity contribution in [2.24, 2.45) is 17.8 Å². The standard InChI is InChI=1S/C15H22N2O2/c18-14-13(11-5-6-11)17(8-7-9-1-2-9)15(19)12(16-14)10-3-4-10/h9-13H,1-8H2,(H,16,18). The zero-order valence-corrected chi connectivity index (χ0v) is 11.3. The van der Waals surface area contributed by atoms with Crippen LogP contribution in [-0.2, 0) is 9.59 Å². The van der Waals surface area contributed by atoms with E-state index in [1.165, 1.54) is 12.8 Å². The normalized spacial score (nSPS) is 35.5. The molecule has 0 aromatic carbocycles. The predicted octanol–water partition coefficient (Wildman–Crippen LogP) is 1.30. The molecule has 1 aliphatic heterocycles. The van der Waals surface area contributed by atoms with Crippen molar-refractivity contribution in [3.8, 4) is 0 Å². The maximum atomic E-state index is 12.6. The first-order valence-electron chi connectivity index (χ1n) is 7.85. The number of carbonyl (C=O) groups is 2. The molecule has 1 saturated heterocycles. The summed E-state index contributed by atoms with van der Waals surface area (Å²) in [6.45, 7) is 0.807. The summed E-state index contributed by atoms with van der Waals surface area (Å²) in [4.78, 5) is 26.9. The van der Waals surface area contributed by atoms with E-state index in [9.17, 15) is 9.59 Å². The molecule has 4 heteroatoms. The second kappa shape index (κ2) is 4.22. The molecule has 1 N–H and O–H groups in total. The second-order valence-electron chi connectivity index (χ2n) is 6.87. The minimum absolute atomic E-state index is 0.120. The minimum Gasteiger partial charge on any atom is -0.342 e. The van der Waals surface area contributed by atoms with Crippen LogP contribution in [-0.4, -0.2) is 35.3 Å². The highest BCUT2D eigenvalue weighted by Crippen LogP contribution is 2.41. The average Bonchev–Trinajstić information content (AvgIpc) is 3.27. The number of amides is 2. The van der Waals surface area contributed by atoms with E-state index in [1.807, 2.05) is 4.90 Å². The molecule has 0 bridgehead atoms. The molecule has 104 valence electrons. The molecule has 1 heterocycles. The molecule has 3 aliphatic carbocycles. The van der Waals surface area contributed by atoms with Gasteiger partial charge in [0.25, 0.3) is 0 Å². The molecule has 0 aromatic rings. The van der Waals surface area contributed by atoms with Gasteiger partial charge in [0.2, 0.25) is 11.8 Å². The van der Waals surface area contributed by atoms with Crippen molar-refractivity contribution < 1.29 is 9.59 Å². The minimum atomic E-state index is -0.207. The molecule has 3 saturated carbocycles. The van der Waals surface area contributed by atoms with E-state index in [0.29, 0.717) is 11.8 Å². The number of hydrogen-bond acceptors (Lipinski definition) is 2. The van der Waals surface area contributed by atoms with E-state index in [4.69, 9.17) is 0 Å². The van der Waals surface area contributed by atoms with Crippen LogP contribution in [0.3, 0.4) is 0 Å². The SMILES string of the molecule is O=C1NC(C2CC2)C(=O)N(CCC2CC2)C1C1CC1. The Labute approximate surface area is 113 Å². The molecular weight excluding hydrogens is 240 g/mol. The topological polar surface area (TPSA) is 49.4 Å². The van der Waals surface area contributed by atoms with Gasteiger partial charge >= 0.3 is 0 Å². The summed E-state index contributed by atoms with van der Waals surface area (Å²) >= 11 is 0. The zero-order chi connectivity index (χ0) is 13.0. The molecule has 2 amide bonds. The summed E-state index contributed by atoms with van der Waals surface area (Å²) in [5.41, 5.74) is 0. The van der Waals surface area contributed by atoms with E-state index in [2.05, 4.69) is 5.32 Å². The van der Waals surface area contributed by atoms with Crippen LogP contribution in [0, 0.1) is 17.8 Å². The highest BCUT2D eigenvalue weighted by molar-refractivity contribution is 5.97. The van der Waals surface area contributed by atoms with Gasteiger partial charge in [-0.25, -0.2) is 0 Å². The van der Waals surface area contributed by atoms with Crippen LogP contribution in [0.2, 0.25) is 0 Å². The van der Waals surface area contributed by atoms with Crippen LogP contribution in [0.5, 0.6) is 0 Å². The molecule has 0 aromatic heterocycles. The van der Waals surface area contributed by atoms with Crippen molar-refractivity contribution in [3.05, 3.63) is 0 Å². The van der Waals surface area contributed by atoms with E-state index in [1.54, 1.807) is 0 Å². The van der Waals surface area contributed by atoms with Crippen molar-refractivity contribution in [2.45, 2.75) is 57.0 Å². The monoisotopic (exact) mass is 262 g/mol. The van der Waals surface area contributed by atoms with E-state index in [0.717, 1.165) is 44.6 Å². The zero-order valence-electron chi connectivity index (χ0n) is 11.3. The molecular formula is C15H22N2O2. The van der Waals surface area contributed by atoms with Crippen LogP contribution in [0.25, 0.3) is 0 Å². The van der Waals surface area contributed by atoms with Gasteiger partial charge in [-0.15, -0.1) is 0 Å². The molecule has 4 aliphatic rings. The number of hydrogen-bond donors (Lipinski definition) is 1. The summed E-state index contributed by atoms with van der Waals surface area (Å²) in [5, 5.41) is 3.00. The fourth-order valence-electron chi connectivity index (χ4n) is 3.36. The van der Waals surface area contributed by atoms with Gasteiger partial charge in [-0.2, -0.15) is 0 Å². The molecule has 4 rings (SSSR count). The van der Waals surface area contributed by atoms with Crippen molar-refractivity contribution in [1.82, 2.24) is 10.2 Å². The number of nitrogens with one attached hydrogen (secondary N) is 1. The Morgan fingerprint density at radius 2 is 1.68 bits per heavy atom. The third-order valence-corrected chi connectivity index (χ3v) is 5.09. The summed E-state index contributed by atoms with van der Waals surface area (Å²) in [7, 11) is 0. The van der Waals surface area contributed by atoms with E-state index < -0.39 is 0 Å². The summed E-state index contributed by atoms with van der Waals surface area (Å²) in [6.07, 6.45) is 8.14. The summed E-state index contributed by atoms with van der Waals surface area (Å²) in [6, 6.07) is -0.358. The lowest BCUT2D eigenvalue weighted by atomic mass is 10.00. The van der Waals surface area contributed by atoms with Gasteiger partial charge in [-0.05, 0) is 49.9 Å². The second-order valence-corrected chi connectivity index (χ2v) is 6.87. The Morgan fingerprint density at radius 3 is 2.26 bits per heavy atom. The Bertz CT molecular complexity index is 410. The Kier molecular flexibility index (Phi) is 2.61. The third-order valence-electron chi connectivity index (χ3n) is 5.09. The molecule has 0 radical (unpaired) electrons. The van der Waals surface area contributed by atoms with Gasteiger partial charge in [0.15, 0.2) is 0 Å². The largest absolute Gasteiger partial charge is 0.342 e. The summed E-state index contributed by atoms with van der Waals surface area (Å²) in [5.74, 6) is 2.00. The molecule has 0 spiro atoms. The van der Waals surface area contributed by atoms with E-state index in [-0.39, 0.29) is 23.9 Å². The molecule has 2 atom stereocenters. The van der Waals surface area contributed by atoms with Crippen molar-refractivity contribution in [1.29, 1.82) is 0 Å². The Hall–Kier alpha value is -1.06. The lowest BCUT2D eigenvalue weighted by Crippen LogP contribution is -2.64. The smallest absolute Gasteiger partial charge is 0.246 e. The quantitative estimate of drug-likeness (QED) is 0.812. The fourth-order valence-corrected chi connectivity index (χ4v) is 3.36. The van der Waals surface area contributed by atoms with E-state index >= 15 is 0 Å². The van der Waals surface area contributed by atoms with Crippen molar-refractivity contribution in [2.75, 3.05) is 6.54 Å². The first-order chi connectivity index (χ1) is 9.24. The third kappa shape index (κ3) is 2.26. The molecule has 19 heavy (non-hydrogen) atoms. The Balaban J connectivity index is 1.51. The molecule has 4 fully saturated rings. The van der Waals surface area contributed by atoms with Gasteiger partial charge < -0.3 is 10.2 Å². The highest BCUT2D eigenvalue weighted by atomic mass is 16.2. The maximum absolute atomic E-state index is 12.6. The van der Waals surface area contributed by atoms with Gasteiger partial charge in [0.1, 0.15) is 12.1 Å². The maximum Gasteiger partial charge on any atom is 0.246 e.